The van der Waals surface area contributed by atoms with E-state index >= 15 is 0 Å². The van der Waals surface area contributed by atoms with Crippen molar-refractivity contribution in [2.75, 3.05) is 213 Å². The van der Waals surface area contributed by atoms with E-state index in [1.807, 2.05) is 0 Å². The first-order chi connectivity index (χ1) is 32.8. The van der Waals surface area contributed by atoms with Crippen LogP contribution < -0.4 is 14.7 Å². The summed E-state index contributed by atoms with van der Waals surface area (Å²) in [7, 11) is 0. The van der Waals surface area contributed by atoms with Crippen LogP contribution in [0.3, 0.4) is 0 Å². The Kier molecular flexibility index (Phi) is 24.3. The van der Waals surface area contributed by atoms with Crippen molar-refractivity contribution in [1.29, 1.82) is 5.26 Å². The van der Waals surface area contributed by atoms with E-state index in [1.54, 1.807) is 0 Å². The first-order valence-electron chi connectivity index (χ1n) is 23.7. The molecule has 0 amide bonds. The summed E-state index contributed by atoms with van der Waals surface area (Å²) in [4.78, 5) is 6.77. The van der Waals surface area contributed by atoms with Crippen LogP contribution in [-0.2, 0) is 62.3 Å². The van der Waals surface area contributed by atoms with Gasteiger partial charge in [-0.3, -0.25) is 0 Å². The van der Waals surface area contributed by atoms with Gasteiger partial charge >= 0.3 is 0 Å². The number of benzene rings is 3. The molecule has 3 aromatic rings. The van der Waals surface area contributed by atoms with Gasteiger partial charge in [-0.2, -0.15) is 5.26 Å². The largest absolute Gasteiger partial charge is 0.377 e. The maximum Gasteiger partial charge on any atom is 0.132 e. The summed E-state index contributed by atoms with van der Waals surface area (Å²) >= 11 is 0. The Bertz CT molecular complexity index is 1510. The zero-order valence-electron chi connectivity index (χ0n) is 38.8. The predicted octanol–water partition coefficient (Wildman–Crippen LogP) is 4.20. The Morgan fingerprint density at radius 3 is 0.606 bits per heavy atom. The van der Waals surface area contributed by atoms with Crippen LogP contribution in [0.15, 0.2) is 72.8 Å². The van der Waals surface area contributed by atoms with Crippen LogP contribution in [0.1, 0.15) is 16.7 Å². The van der Waals surface area contributed by atoms with Gasteiger partial charge in [-0.1, -0.05) is 36.4 Å². The maximum atomic E-state index is 11.6. The molecule has 16 nitrogen and oxygen atoms in total. The summed E-state index contributed by atoms with van der Waals surface area (Å²) in [5, 5.41) is 11.6. The van der Waals surface area contributed by atoms with E-state index in [4.69, 9.17) is 56.8 Å². The van der Waals surface area contributed by atoms with Gasteiger partial charge in [0.2, 0.25) is 0 Å². The lowest BCUT2D eigenvalue weighted by Crippen LogP contribution is -2.33. The third-order valence-electron chi connectivity index (χ3n) is 11.5. The molecule has 0 N–H and O–H groups in total. The minimum absolute atomic E-state index is 0.514. The van der Waals surface area contributed by atoms with Gasteiger partial charge < -0.3 is 71.5 Å². The molecule has 0 aromatic heterocycles. The molecule has 0 aliphatic carbocycles. The van der Waals surface area contributed by atoms with Crippen molar-refractivity contribution in [3.05, 3.63) is 89.5 Å². The lowest BCUT2D eigenvalue weighted by atomic mass is 9.70. The van der Waals surface area contributed by atoms with E-state index in [-0.39, 0.29) is 0 Å². The summed E-state index contributed by atoms with van der Waals surface area (Å²) in [6.07, 6.45) is 0. The molecule has 3 heterocycles. The predicted molar refractivity (Wildman–Crippen MR) is 251 cm³/mol. The van der Waals surface area contributed by atoms with Crippen molar-refractivity contribution < 1.29 is 56.8 Å². The van der Waals surface area contributed by atoms with Crippen LogP contribution in [0.5, 0.6) is 0 Å². The fraction of sp³-hybridized carbons (Fsp3) is 0.620. The SMILES string of the molecule is N#CC(c1ccc(N2CCOCCOCCOCCOCC2)cc1)(c1ccc(N2CCOCCOCCOCCOCC2)cc1)c1ccc(N2CCOCCOCCOCCOCC2)cc1. The summed E-state index contributed by atoms with van der Waals surface area (Å²) in [6.45, 7) is 16.7. The number of rotatable bonds is 6. The van der Waals surface area contributed by atoms with Gasteiger partial charge in [-0.15, -0.1) is 0 Å². The van der Waals surface area contributed by atoms with Gasteiger partial charge in [0.15, 0.2) is 0 Å². The molecule has 3 aromatic carbocycles. The minimum atomic E-state index is -1.15. The Morgan fingerprint density at radius 1 is 0.273 bits per heavy atom. The van der Waals surface area contributed by atoms with Crippen molar-refractivity contribution in [3.8, 4) is 6.07 Å². The Labute approximate surface area is 391 Å². The Morgan fingerprint density at radius 2 is 0.439 bits per heavy atom. The van der Waals surface area contributed by atoms with Gasteiger partial charge in [-0.25, -0.2) is 0 Å². The molecule has 6 rings (SSSR count). The molecule has 3 aliphatic rings. The number of hydrogen-bond acceptors (Lipinski definition) is 16. The number of anilines is 3. The molecule has 3 fully saturated rings. The average molecular weight is 921 g/mol. The van der Waals surface area contributed by atoms with Crippen molar-refractivity contribution in [1.82, 2.24) is 0 Å². The second kappa shape index (κ2) is 31.2. The molecule has 66 heavy (non-hydrogen) atoms. The minimum Gasteiger partial charge on any atom is -0.377 e. The van der Waals surface area contributed by atoms with Gasteiger partial charge in [0.1, 0.15) is 5.41 Å². The number of hydrogen-bond donors (Lipinski definition) is 0. The van der Waals surface area contributed by atoms with Crippen molar-refractivity contribution in [3.63, 3.8) is 0 Å². The quantitative estimate of drug-likeness (QED) is 0.326. The fourth-order valence-electron chi connectivity index (χ4n) is 7.90. The molecule has 0 radical (unpaired) electrons. The highest BCUT2D eigenvalue weighted by Gasteiger charge is 2.37. The second-order valence-electron chi connectivity index (χ2n) is 15.8. The summed E-state index contributed by atoms with van der Waals surface area (Å²) in [5.41, 5.74) is 4.46. The molecule has 3 aliphatic heterocycles. The van der Waals surface area contributed by atoms with E-state index in [9.17, 15) is 5.26 Å². The van der Waals surface area contributed by atoms with E-state index in [0.717, 1.165) is 33.8 Å². The third-order valence-corrected chi connectivity index (χ3v) is 11.5. The van der Waals surface area contributed by atoms with Crippen LogP contribution in [0.4, 0.5) is 17.1 Å². The topological polar surface area (TPSA) is 144 Å². The first kappa shape index (κ1) is 51.5. The van der Waals surface area contributed by atoms with Crippen LogP contribution in [0.25, 0.3) is 0 Å². The molecular weight excluding hydrogens is 849 g/mol. The number of ether oxygens (including phenoxy) is 12. The molecule has 0 unspecified atom stereocenters. The average Bonchev–Trinajstić information content (AvgIpc) is 3.38. The zero-order valence-corrected chi connectivity index (χ0v) is 38.8. The molecular formula is C50H72N4O12. The van der Waals surface area contributed by atoms with E-state index in [0.29, 0.717) is 198 Å². The first-order valence-corrected chi connectivity index (χ1v) is 23.7. The Hall–Kier alpha value is -3.93. The maximum absolute atomic E-state index is 11.6. The van der Waals surface area contributed by atoms with E-state index in [1.165, 1.54) is 0 Å². The summed E-state index contributed by atoms with van der Waals surface area (Å²) < 4.78 is 69.4. The van der Waals surface area contributed by atoms with Crippen LogP contribution in [-0.4, -0.2) is 198 Å². The second-order valence-corrected chi connectivity index (χ2v) is 15.8. The van der Waals surface area contributed by atoms with E-state index < -0.39 is 5.41 Å². The lowest BCUT2D eigenvalue weighted by Gasteiger charge is -2.32. The van der Waals surface area contributed by atoms with Crippen LogP contribution in [0.2, 0.25) is 0 Å². The molecule has 364 valence electrons. The van der Waals surface area contributed by atoms with Crippen LogP contribution >= 0.6 is 0 Å². The molecule has 0 bridgehead atoms. The van der Waals surface area contributed by atoms with Gasteiger partial charge in [0, 0.05) is 56.3 Å². The number of nitrogens with zero attached hydrogens (tertiary/aromatic N) is 4. The fourth-order valence-corrected chi connectivity index (χ4v) is 7.90. The van der Waals surface area contributed by atoms with Gasteiger partial charge in [0.25, 0.3) is 0 Å². The molecule has 16 heteroatoms. The highest BCUT2D eigenvalue weighted by Crippen LogP contribution is 2.41. The molecule has 0 atom stereocenters. The smallest absolute Gasteiger partial charge is 0.132 e. The van der Waals surface area contributed by atoms with Gasteiger partial charge in [0.05, 0.1) is 165 Å². The van der Waals surface area contributed by atoms with Crippen molar-refractivity contribution in [2.24, 2.45) is 0 Å². The standard InChI is InChI=1S/C50H72N4O12/c51-43-50(44-1-7-47(8-2-44)52-13-19-55-25-31-61-37-38-62-32-26-56-20-14-52,45-3-9-48(10-4-45)53-15-21-57-27-33-63-39-40-64-34-28-58-22-16-53)46-5-11-49(12-6-46)54-17-23-59-29-35-65-41-42-66-36-30-60-24-18-54/h1-12H,13-42H2. The molecule has 0 saturated carbocycles. The zero-order chi connectivity index (χ0) is 45.6. The van der Waals surface area contributed by atoms with Crippen LogP contribution in [0, 0.1) is 11.3 Å². The molecule has 0 spiro atoms. The van der Waals surface area contributed by atoms with Gasteiger partial charge in [-0.05, 0) is 53.1 Å². The Balaban J connectivity index is 1.27. The monoisotopic (exact) mass is 921 g/mol. The van der Waals surface area contributed by atoms with E-state index in [2.05, 4.69) is 93.6 Å². The summed E-state index contributed by atoms with van der Waals surface area (Å²) in [6, 6.07) is 27.9. The lowest BCUT2D eigenvalue weighted by molar-refractivity contribution is 0.00206. The highest BCUT2D eigenvalue weighted by atomic mass is 16.6. The normalized spacial score (nSPS) is 20.8. The number of nitriles is 1. The molecule has 3 saturated heterocycles. The van der Waals surface area contributed by atoms with Crippen molar-refractivity contribution >= 4 is 17.1 Å². The third kappa shape index (κ3) is 17.3. The highest BCUT2D eigenvalue weighted by molar-refractivity contribution is 5.63. The van der Waals surface area contributed by atoms with Crippen molar-refractivity contribution in [2.45, 2.75) is 5.41 Å². The summed E-state index contributed by atoms with van der Waals surface area (Å²) in [5.74, 6) is 0.